The van der Waals surface area contributed by atoms with E-state index < -0.39 is 34.3 Å². The lowest BCUT2D eigenvalue weighted by Crippen LogP contribution is -2.52. The number of benzene rings is 2. The van der Waals surface area contributed by atoms with Crippen LogP contribution in [0.5, 0.6) is 0 Å². The first-order chi connectivity index (χ1) is 15.4. The molecule has 7 nitrogen and oxygen atoms in total. The van der Waals surface area contributed by atoms with Gasteiger partial charge < -0.3 is 10.2 Å². The Morgan fingerprint density at radius 3 is 2.24 bits per heavy atom. The molecule has 10 heteroatoms. The largest absolute Gasteiger partial charge is 0.352 e. The number of anilines is 1. The van der Waals surface area contributed by atoms with Crippen molar-refractivity contribution in [2.75, 3.05) is 17.1 Å². The number of sulfonamides is 1. The molecule has 180 valence electrons. The molecule has 2 aromatic rings. The van der Waals surface area contributed by atoms with Gasteiger partial charge in [0.25, 0.3) is 0 Å². The number of nitrogens with one attached hydrogen (secondary N) is 1. The van der Waals surface area contributed by atoms with E-state index in [1.165, 1.54) is 41.3 Å². The lowest BCUT2D eigenvalue weighted by Gasteiger charge is -2.32. The molecule has 0 saturated carbocycles. The van der Waals surface area contributed by atoms with Gasteiger partial charge in [-0.15, -0.1) is 0 Å². The first-order valence-corrected chi connectivity index (χ1v) is 12.7. The quantitative estimate of drug-likeness (QED) is 0.543. The third-order valence-electron chi connectivity index (χ3n) is 5.23. The third kappa shape index (κ3) is 7.43. The maximum atomic E-state index is 13.4. The summed E-state index contributed by atoms with van der Waals surface area (Å²) < 4.78 is 39.3. The average Bonchev–Trinajstić information content (AvgIpc) is 2.76. The van der Waals surface area contributed by atoms with Crippen LogP contribution in [-0.2, 0) is 26.2 Å². The second kappa shape index (κ2) is 11.5. The van der Waals surface area contributed by atoms with E-state index in [4.69, 9.17) is 11.6 Å². The fourth-order valence-electron chi connectivity index (χ4n) is 3.08. The molecule has 0 spiro atoms. The predicted octanol–water partition coefficient (Wildman–Crippen LogP) is 3.58. The van der Waals surface area contributed by atoms with E-state index in [9.17, 15) is 22.4 Å². The van der Waals surface area contributed by atoms with Gasteiger partial charge in [0.05, 0.1) is 17.0 Å². The molecule has 2 rings (SSSR count). The van der Waals surface area contributed by atoms with Gasteiger partial charge in [-0.05, 0) is 50.1 Å². The van der Waals surface area contributed by atoms with Gasteiger partial charge in [-0.3, -0.25) is 13.9 Å². The van der Waals surface area contributed by atoms with Crippen molar-refractivity contribution < 1.29 is 22.4 Å². The number of nitrogens with zero attached hydrogens (tertiary/aromatic N) is 2. The molecular formula is C23H29ClFN3O4S. The van der Waals surface area contributed by atoms with Gasteiger partial charge >= 0.3 is 0 Å². The summed E-state index contributed by atoms with van der Waals surface area (Å²) in [6.07, 6.45) is 1.69. The summed E-state index contributed by atoms with van der Waals surface area (Å²) >= 11 is 6.19. The zero-order valence-electron chi connectivity index (χ0n) is 19.1. The van der Waals surface area contributed by atoms with Crippen LogP contribution >= 0.6 is 11.6 Å². The number of para-hydroxylation sites is 1. The molecule has 2 atom stereocenters. The van der Waals surface area contributed by atoms with Gasteiger partial charge in [0.15, 0.2) is 0 Å². The van der Waals surface area contributed by atoms with E-state index in [0.29, 0.717) is 12.0 Å². The highest BCUT2D eigenvalue weighted by molar-refractivity contribution is 7.92. The lowest BCUT2D eigenvalue weighted by atomic mass is 10.1. The summed E-state index contributed by atoms with van der Waals surface area (Å²) in [5, 5.41) is 3.01. The van der Waals surface area contributed by atoms with Crippen LogP contribution in [0.2, 0.25) is 5.02 Å². The second-order valence-electron chi connectivity index (χ2n) is 7.86. The summed E-state index contributed by atoms with van der Waals surface area (Å²) in [6.45, 7) is 4.78. The van der Waals surface area contributed by atoms with Gasteiger partial charge in [0.2, 0.25) is 21.8 Å². The predicted molar refractivity (Wildman–Crippen MR) is 128 cm³/mol. The number of carbonyl (C=O) groups excluding carboxylic acids is 2. The molecule has 0 fully saturated rings. The third-order valence-corrected chi connectivity index (χ3v) is 6.68. The van der Waals surface area contributed by atoms with Gasteiger partial charge in [0.1, 0.15) is 18.4 Å². The van der Waals surface area contributed by atoms with Crippen LogP contribution in [0.3, 0.4) is 0 Å². The maximum absolute atomic E-state index is 13.4. The molecule has 1 N–H and O–H groups in total. The van der Waals surface area contributed by atoms with Crippen LogP contribution in [0.1, 0.15) is 32.8 Å². The Morgan fingerprint density at radius 2 is 1.70 bits per heavy atom. The van der Waals surface area contributed by atoms with Crippen LogP contribution in [-0.4, -0.2) is 50.0 Å². The molecule has 0 aliphatic heterocycles. The van der Waals surface area contributed by atoms with Crippen molar-refractivity contribution in [1.29, 1.82) is 0 Å². The smallest absolute Gasteiger partial charge is 0.244 e. The molecule has 2 aromatic carbocycles. The zero-order valence-corrected chi connectivity index (χ0v) is 20.7. The van der Waals surface area contributed by atoms with Gasteiger partial charge in [-0.1, -0.05) is 42.8 Å². The van der Waals surface area contributed by atoms with Crippen LogP contribution in [0, 0.1) is 5.82 Å². The van der Waals surface area contributed by atoms with E-state index in [1.807, 2.05) is 13.8 Å². The topological polar surface area (TPSA) is 86.8 Å². The molecule has 0 unspecified atom stereocenters. The van der Waals surface area contributed by atoms with Gasteiger partial charge in [-0.25, -0.2) is 12.8 Å². The Hall–Kier alpha value is -2.65. The highest BCUT2D eigenvalue weighted by Crippen LogP contribution is 2.27. The van der Waals surface area contributed by atoms with Gasteiger partial charge in [0, 0.05) is 12.6 Å². The Labute approximate surface area is 199 Å². The molecular weight excluding hydrogens is 469 g/mol. The Balaban J connectivity index is 2.39. The standard InChI is InChI=1S/C23H29ClFN3O4S/c1-5-16(2)26-23(30)17(3)27(14-18-10-12-19(25)13-11-18)22(29)15-28(33(4,31)32)21-9-7-6-8-20(21)24/h6-13,16-17H,5,14-15H2,1-4H3,(H,26,30)/t16-,17-/m1/s1. The molecule has 0 aromatic heterocycles. The number of amides is 2. The van der Waals surface area contributed by atoms with Crippen molar-refractivity contribution in [3.8, 4) is 0 Å². The number of rotatable bonds is 10. The number of halogens is 2. The Kier molecular flexibility index (Phi) is 9.25. The molecule has 2 amide bonds. The van der Waals surface area contributed by atoms with Crippen molar-refractivity contribution in [1.82, 2.24) is 10.2 Å². The first-order valence-electron chi connectivity index (χ1n) is 10.5. The number of hydrogen-bond donors (Lipinski definition) is 1. The highest BCUT2D eigenvalue weighted by Gasteiger charge is 2.31. The van der Waals surface area contributed by atoms with E-state index in [-0.39, 0.29) is 29.2 Å². The zero-order chi connectivity index (χ0) is 24.8. The summed E-state index contributed by atoms with van der Waals surface area (Å²) in [7, 11) is -3.87. The summed E-state index contributed by atoms with van der Waals surface area (Å²) in [5.41, 5.74) is 0.755. The Bertz CT molecular complexity index is 1080. The monoisotopic (exact) mass is 497 g/mol. The van der Waals surface area contributed by atoms with Crippen molar-refractivity contribution >= 4 is 39.1 Å². The molecule has 0 heterocycles. The van der Waals surface area contributed by atoms with E-state index in [0.717, 1.165) is 10.6 Å². The van der Waals surface area contributed by atoms with Gasteiger partial charge in [-0.2, -0.15) is 0 Å². The second-order valence-corrected chi connectivity index (χ2v) is 10.2. The lowest BCUT2D eigenvalue weighted by molar-refractivity contribution is -0.139. The van der Waals surface area contributed by atoms with E-state index in [2.05, 4.69) is 5.32 Å². The summed E-state index contributed by atoms with van der Waals surface area (Å²) in [6, 6.07) is 10.8. The molecule has 0 aliphatic carbocycles. The minimum atomic E-state index is -3.87. The molecule has 0 radical (unpaired) electrons. The Morgan fingerprint density at radius 1 is 1.09 bits per heavy atom. The van der Waals surface area contributed by atoms with E-state index in [1.54, 1.807) is 19.1 Å². The van der Waals surface area contributed by atoms with Crippen molar-refractivity contribution in [2.45, 2.75) is 45.8 Å². The summed E-state index contributed by atoms with van der Waals surface area (Å²) in [5.74, 6) is -1.40. The van der Waals surface area contributed by atoms with Crippen molar-refractivity contribution in [3.05, 3.63) is 64.9 Å². The number of hydrogen-bond acceptors (Lipinski definition) is 4. The SMILES string of the molecule is CC[C@@H](C)NC(=O)[C@@H](C)N(Cc1ccc(F)cc1)C(=O)CN(c1ccccc1Cl)S(C)(=O)=O. The molecule has 0 aliphatic rings. The van der Waals surface area contributed by atoms with Crippen LogP contribution in [0.4, 0.5) is 10.1 Å². The highest BCUT2D eigenvalue weighted by atomic mass is 35.5. The number of carbonyl (C=O) groups is 2. The molecule has 0 bridgehead atoms. The van der Waals surface area contributed by atoms with Crippen molar-refractivity contribution in [2.24, 2.45) is 0 Å². The van der Waals surface area contributed by atoms with E-state index >= 15 is 0 Å². The normalized spacial score (nSPS) is 13.2. The van der Waals surface area contributed by atoms with Crippen LogP contribution in [0.25, 0.3) is 0 Å². The first kappa shape index (κ1) is 26.6. The minimum Gasteiger partial charge on any atom is -0.352 e. The fourth-order valence-corrected chi connectivity index (χ4v) is 4.23. The van der Waals surface area contributed by atoms with Crippen LogP contribution in [0.15, 0.2) is 48.5 Å². The average molecular weight is 498 g/mol. The van der Waals surface area contributed by atoms with Crippen LogP contribution < -0.4 is 9.62 Å². The minimum absolute atomic E-state index is 0.00563. The molecule has 33 heavy (non-hydrogen) atoms. The summed E-state index contributed by atoms with van der Waals surface area (Å²) in [4.78, 5) is 27.4. The van der Waals surface area contributed by atoms with Crippen molar-refractivity contribution in [3.63, 3.8) is 0 Å². The fraction of sp³-hybridized carbons (Fsp3) is 0.391. The maximum Gasteiger partial charge on any atom is 0.244 e. The molecule has 0 saturated heterocycles.